The molecule has 0 fully saturated rings. The minimum Gasteiger partial charge on any atom is -0.0805 e. The van der Waals surface area contributed by atoms with Crippen LogP contribution in [0.4, 0.5) is 0 Å². The molecule has 0 heterocycles. The molecule has 0 spiro atoms. The molecule has 12 heavy (non-hydrogen) atoms. The zero-order chi connectivity index (χ0) is 9.19. The molecule has 1 aliphatic rings. The lowest BCUT2D eigenvalue weighted by Gasteiger charge is -2.31. The molecule has 1 aliphatic carbocycles. The predicted molar refractivity (Wildman–Crippen MR) is 55.1 cm³/mol. The van der Waals surface area contributed by atoms with Crippen molar-refractivity contribution in [3.63, 3.8) is 0 Å². The van der Waals surface area contributed by atoms with Gasteiger partial charge in [-0.05, 0) is 38.5 Å². The summed E-state index contributed by atoms with van der Waals surface area (Å²) in [5.41, 5.74) is 3.42. The van der Waals surface area contributed by atoms with E-state index in [1.165, 1.54) is 30.4 Å². The largest absolute Gasteiger partial charge is 0.0805 e. The number of hydrogen-bond acceptors (Lipinski definition) is 0. The third-order valence-electron chi connectivity index (χ3n) is 3.37. The summed E-state index contributed by atoms with van der Waals surface area (Å²) in [5.74, 6) is 0. The molecular weight excluding hydrogens is 144 g/mol. The van der Waals surface area contributed by atoms with Crippen molar-refractivity contribution in [1.82, 2.24) is 0 Å². The molecule has 0 aromatic rings. The van der Waals surface area contributed by atoms with Gasteiger partial charge in [-0.1, -0.05) is 37.1 Å². The fourth-order valence-electron chi connectivity index (χ4n) is 1.89. The van der Waals surface area contributed by atoms with Gasteiger partial charge in [-0.15, -0.1) is 0 Å². The Morgan fingerprint density at radius 2 is 1.75 bits per heavy atom. The van der Waals surface area contributed by atoms with Gasteiger partial charge in [0, 0.05) is 0 Å². The molecule has 68 valence electrons. The molecule has 1 rings (SSSR count). The molecule has 0 aliphatic heterocycles. The lowest BCUT2D eigenvalue weighted by molar-refractivity contribution is 0.350. The van der Waals surface area contributed by atoms with Crippen molar-refractivity contribution in [1.29, 1.82) is 0 Å². The Labute approximate surface area is 76.4 Å². The van der Waals surface area contributed by atoms with Gasteiger partial charge < -0.3 is 0 Å². The van der Waals surface area contributed by atoms with Crippen LogP contribution in [0.25, 0.3) is 0 Å². The van der Waals surface area contributed by atoms with Crippen molar-refractivity contribution in [3.8, 4) is 0 Å². The van der Waals surface area contributed by atoms with E-state index in [9.17, 15) is 0 Å². The van der Waals surface area contributed by atoms with Crippen molar-refractivity contribution >= 4 is 0 Å². The van der Waals surface area contributed by atoms with Gasteiger partial charge in [0.2, 0.25) is 0 Å². The molecule has 0 aromatic carbocycles. The van der Waals surface area contributed by atoms with Gasteiger partial charge in [-0.25, -0.2) is 0 Å². The first kappa shape index (κ1) is 9.57. The molecule has 0 heteroatoms. The first-order chi connectivity index (χ1) is 5.63. The average Bonchev–Trinajstić information content (AvgIpc) is 2.10. The molecule has 0 amide bonds. The van der Waals surface area contributed by atoms with Gasteiger partial charge in [-0.3, -0.25) is 0 Å². The van der Waals surface area contributed by atoms with Gasteiger partial charge in [0.05, 0.1) is 0 Å². The second kappa shape index (κ2) is 3.47. The Kier molecular flexibility index (Phi) is 2.76. The Hall–Kier alpha value is -0.520. The molecule has 0 unspecified atom stereocenters. The summed E-state index contributed by atoms with van der Waals surface area (Å²) in [6.45, 7) is 9.02. The van der Waals surface area contributed by atoms with Crippen molar-refractivity contribution in [2.75, 3.05) is 0 Å². The number of rotatable bonds is 2. The molecule has 0 atom stereocenters. The zero-order valence-electron chi connectivity index (χ0n) is 8.78. The van der Waals surface area contributed by atoms with Crippen LogP contribution in [-0.2, 0) is 0 Å². The van der Waals surface area contributed by atoms with Crippen molar-refractivity contribution in [3.05, 3.63) is 23.3 Å². The zero-order valence-corrected chi connectivity index (χ0v) is 8.78. The van der Waals surface area contributed by atoms with Crippen LogP contribution in [0, 0.1) is 5.41 Å². The van der Waals surface area contributed by atoms with E-state index in [-0.39, 0.29) is 0 Å². The highest BCUT2D eigenvalue weighted by Gasteiger charge is 2.24. The summed E-state index contributed by atoms with van der Waals surface area (Å²) in [7, 11) is 0. The van der Waals surface area contributed by atoms with E-state index in [2.05, 4.69) is 39.8 Å². The highest BCUT2D eigenvalue weighted by Crippen LogP contribution is 2.38. The van der Waals surface area contributed by atoms with Crippen molar-refractivity contribution in [2.24, 2.45) is 5.41 Å². The fourth-order valence-corrected chi connectivity index (χ4v) is 1.89. The summed E-state index contributed by atoms with van der Waals surface area (Å²) in [5, 5.41) is 0. The third kappa shape index (κ3) is 1.63. The van der Waals surface area contributed by atoms with E-state index in [1.54, 1.807) is 0 Å². The van der Waals surface area contributed by atoms with E-state index in [0.717, 1.165) is 0 Å². The maximum Gasteiger partial charge on any atom is -0.00830 e. The van der Waals surface area contributed by atoms with E-state index in [4.69, 9.17) is 0 Å². The van der Waals surface area contributed by atoms with E-state index in [0.29, 0.717) is 5.41 Å². The molecule has 0 aromatic heterocycles. The summed E-state index contributed by atoms with van der Waals surface area (Å²) < 4.78 is 0. The first-order valence-electron chi connectivity index (χ1n) is 5.00. The summed E-state index contributed by atoms with van der Waals surface area (Å²) in [6.07, 6.45) is 8.64. The topological polar surface area (TPSA) is 0 Å². The van der Waals surface area contributed by atoms with E-state index in [1.807, 2.05) is 0 Å². The minimum absolute atomic E-state index is 0.476. The highest BCUT2D eigenvalue weighted by atomic mass is 14.3. The first-order valence-corrected chi connectivity index (χ1v) is 5.00. The van der Waals surface area contributed by atoms with Gasteiger partial charge in [-0.2, -0.15) is 0 Å². The van der Waals surface area contributed by atoms with E-state index >= 15 is 0 Å². The Morgan fingerprint density at radius 1 is 1.17 bits per heavy atom. The predicted octanol–water partition coefficient (Wildman–Crippen LogP) is 4.09. The second-order valence-corrected chi connectivity index (χ2v) is 3.99. The van der Waals surface area contributed by atoms with Crippen LogP contribution in [0.5, 0.6) is 0 Å². The summed E-state index contributed by atoms with van der Waals surface area (Å²) in [6, 6.07) is 0. The van der Waals surface area contributed by atoms with Gasteiger partial charge in [0.15, 0.2) is 0 Å². The molecule has 0 nitrogen and oxygen atoms in total. The lowest BCUT2D eigenvalue weighted by Crippen LogP contribution is -2.18. The highest BCUT2D eigenvalue weighted by molar-refractivity contribution is 5.33. The standard InChI is InChI=1S/C12H20/c1-5-12(6-2)8-7-10(3)11(4)9-12/h7,9H,5-6,8H2,1-4H3. The Bertz CT molecular complexity index is 214. The van der Waals surface area contributed by atoms with Crippen molar-refractivity contribution in [2.45, 2.75) is 47.0 Å². The van der Waals surface area contributed by atoms with Gasteiger partial charge in [0.25, 0.3) is 0 Å². The summed E-state index contributed by atoms with van der Waals surface area (Å²) >= 11 is 0. The smallest absolute Gasteiger partial charge is 0.00830 e. The normalized spacial score (nSPS) is 21.7. The average molecular weight is 164 g/mol. The van der Waals surface area contributed by atoms with Crippen LogP contribution in [0.2, 0.25) is 0 Å². The molecular formula is C12H20. The Balaban J connectivity index is 2.87. The minimum atomic E-state index is 0.476. The summed E-state index contributed by atoms with van der Waals surface area (Å²) in [4.78, 5) is 0. The molecule has 0 radical (unpaired) electrons. The third-order valence-corrected chi connectivity index (χ3v) is 3.37. The van der Waals surface area contributed by atoms with Gasteiger partial charge in [0.1, 0.15) is 0 Å². The molecule has 0 saturated carbocycles. The van der Waals surface area contributed by atoms with Crippen molar-refractivity contribution < 1.29 is 0 Å². The van der Waals surface area contributed by atoms with Crippen LogP contribution in [0.1, 0.15) is 47.0 Å². The van der Waals surface area contributed by atoms with Crippen LogP contribution in [0.15, 0.2) is 23.3 Å². The Morgan fingerprint density at radius 3 is 2.17 bits per heavy atom. The van der Waals surface area contributed by atoms with Crippen LogP contribution in [0.3, 0.4) is 0 Å². The number of allylic oxidation sites excluding steroid dienone is 4. The molecule has 0 N–H and O–H groups in total. The monoisotopic (exact) mass is 164 g/mol. The quantitative estimate of drug-likeness (QED) is 0.576. The number of hydrogen-bond donors (Lipinski definition) is 0. The maximum atomic E-state index is 2.47. The van der Waals surface area contributed by atoms with Crippen LogP contribution < -0.4 is 0 Å². The van der Waals surface area contributed by atoms with Crippen LogP contribution in [-0.4, -0.2) is 0 Å². The SMILES string of the molecule is CCC1(CC)C=C(C)C(C)=CC1. The fraction of sp³-hybridized carbons (Fsp3) is 0.667. The van der Waals surface area contributed by atoms with E-state index < -0.39 is 0 Å². The molecule has 0 saturated heterocycles. The lowest BCUT2D eigenvalue weighted by atomic mass is 9.74. The van der Waals surface area contributed by atoms with Crippen LogP contribution >= 0.6 is 0 Å². The molecule has 0 bridgehead atoms. The maximum absolute atomic E-state index is 2.47. The van der Waals surface area contributed by atoms with Gasteiger partial charge >= 0.3 is 0 Å². The second-order valence-electron chi connectivity index (χ2n) is 3.99.